The lowest BCUT2D eigenvalue weighted by Gasteiger charge is -2.27. The highest BCUT2D eigenvalue weighted by molar-refractivity contribution is 5.72. The van der Waals surface area contributed by atoms with Gasteiger partial charge in [-0.15, -0.1) is 0 Å². The molecule has 1 aliphatic rings. The lowest BCUT2D eigenvalue weighted by atomic mass is 9.78. The minimum Gasteiger partial charge on any atom is -0.459 e. The van der Waals surface area contributed by atoms with Gasteiger partial charge in [-0.2, -0.15) is 0 Å². The molecule has 0 radical (unpaired) electrons. The molecular formula is C19H26F2O2. The molecule has 0 unspecified atom stereocenters. The highest BCUT2D eigenvalue weighted by atomic mass is 19.3. The quantitative estimate of drug-likeness (QED) is 0.651. The van der Waals surface area contributed by atoms with Crippen molar-refractivity contribution in [3.05, 3.63) is 35.4 Å². The maximum absolute atomic E-state index is 12.1. The maximum atomic E-state index is 12.1. The third-order valence-corrected chi connectivity index (χ3v) is 4.68. The van der Waals surface area contributed by atoms with E-state index in [1.54, 1.807) is 0 Å². The normalized spacial score (nSPS) is 21.4. The van der Waals surface area contributed by atoms with Crippen molar-refractivity contribution in [2.75, 3.05) is 6.61 Å². The Kier molecular flexibility index (Phi) is 7.00. The van der Waals surface area contributed by atoms with Crippen LogP contribution in [0.1, 0.15) is 62.5 Å². The van der Waals surface area contributed by atoms with Gasteiger partial charge in [0.1, 0.15) is 0 Å². The van der Waals surface area contributed by atoms with E-state index in [1.165, 1.54) is 24.0 Å². The zero-order valence-corrected chi connectivity index (χ0v) is 13.8. The molecular weight excluding hydrogens is 298 g/mol. The lowest BCUT2D eigenvalue weighted by Crippen LogP contribution is -2.24. The zero-order valence-electron chi connectivity index (χ0n) is 13.8. The van der Waals surface area contributed by atoms with Crippen LogP contribution in [0.15, 0.2) is 24.3 Å². The Bertz CT molecular complexity index is 477. The van der Waals surface area contributed by atoms with Gasteiger partial charge in [0.15, 0.2) is 6.61 Å². The Hall–Kier alpha value is -1.45. The molecule has 0 N–H and O–H groups in total. The van der Waals surface area contributed by atoms with Crippen LogP contribution >= 0.6 is 0 Å². The smallest absolute Gasteiger partial charge is 0.309 e. The predicted molar refractivity (Wildman–Crippen MR) is 86.7 cm³/mol. The average Bonchev–Trinajstić information content (AvgIpc) is 2.58. The second kappa shape index (κ2) is 8.99. The van der Waals surface area contributed by atoms with Crippen LogP contribution in [0.4, 0.5) is 8.78 Å². The summed E-state index contributed by atoms with van der Waals surface area (Å²) < 4.78 is 28.8. The number of carbonyl (C=O) groups is 1. The Balaban J connectivity index is 1.80. The van der Waals surface area contributed by atoms with E-state index in [9.17, 15) is 13.6 Å². The zero-order chi connectivity index (χ0) is 16.7. The van der Waals surface area contributed by atoms with E-state index in [2.05, 4.69) is 35.9 Å². The molecule has 1 saturated carbocycles. The fraction of sp³-hybridized carbons (Fsp3) is 0.632. The van der Waals surface area contributed by atoms with Gasteiger partial charge in [-0.1, -0.05) is 37.6 Å². The SMILES string of the molecule is CCCCc1ccc(C2CCC(C(=O)OCC(F)F)CC2)cc1. The van der Waals surface area contributed by atoms with Crippen molar-refractivity contribution >= 4 is 5.97 Å². The van der Waals surface area contributed by atoms with E-state index in [0.717, 1.165) is 32.1 Å². The molecule has 0 heterocycles. The van der Waals surface area contributed by atoms with Gasteiger partial charge in [0.05, 0.1) is 5.92 Å². The molecule has 128 valence electrons. The van der Waals surface area contributed by atoms with Crippen LogP contribution in [0.5, 0.6) is 0 Å². The molecule has 0 atom stereocenters. The number of unbranched alkanes of at least 4 members (excludes halogenated alkanes) is 1. The van der Waals surface area contributed by atoms with E-state index in [1.807, 2.05) is 0 Å². The van der Waals surface area contributed by atoms with Crippen LogP contribution < -0.4 is 0 Å². The molecule has 1 fully saturated rings. The van der Waals surface area contributed by atoms with Crippen molar-refractivity contribution in [2.24, 2.45) is 5.92 Å². The van der Waals surface area contributed by atoms with E-state index in [-0.39, 0.29) is 5.92 Å². The fourth-order valence-electron chi connectivity index (χ4n) is 3.26. The van der Waals surface area contributed by atoms with E-state index in [4.69, 9.17) is 0 Å². The van der Waals surface area contributed by atoms with Gasteiger partial charge in [-0.25, -0.2) is 8.78 Å². The number of hydrogen-bond donors (Lipinski definition) is 0. The third-order valence-electron chi connectivity index (χ3n) is 4.68. The summed E-state index contributed by atoms with van der Waals surface area (Å²) in [5, 5.41) is 0. The van der Waals surface area contributed by atoms with Gasteiger partial charge in [0.25, 0.3) is 6.43 Å². The molecule has 0 saturated heterocycles. The van der Waals surface area contributed by atoms with Crippen LogP contribution in [0.3, 0.4) is 0 Å². The van der Waals surface area contributed by atoms with Crippen molar-refractivity contribution in [1.82, 2.24) is 0 Å². The average molecular weight is 324 g/mol. The summed E-state index contributed by atoms with van der Waals surface area (Å²) >= 11 is 0. The minimum absolute atomic E-state index is 0.214. The largest absolute Gasteiger partial charge is 0.459 e. The summed E-state index contributed by atoms with van der Waals surface area (Å²) in [6.07, 6.45) is 4.25. The highest BCUT2D eigenvalue weighted by Gasteiger charge is 2.28. The molecule has 1 aromatic rings. The molecule has 2 nitrogen and oxygen atoms in total. The summed E-state index contributed by atoms with van der Waals surface area (Å²) in [7, 11) is 0. The van der Waals surface area contributed by atoms with Gasteiger partial charge in [-0.05, 0) is 55.6 Å². The number of rotatable bonds is 7. The lowest BCUT2D eigenvalue weighted by molar-refractivity contribution is -0.153. The van der Waals surface area contributed by atoms with Crippen LogP contribution in [0.2, 0.25) is 0 Å². The molecule has 0 amide bonds. The first-order chi connectivity index (χ1) is 11.1. The monoisotopic (exact) mass is 324 g/mol. The van der Waals surface area contributed by atoms with Crippen LogP contribution in [-0.4, -0.2) is 19.0 Å². The summed E-state index contributed by atoms with van der Waals surface area (Å²) in [5.74, 6) is -0.207. The Labute approximate surface area is 137 Å². The standard InChI is InChI=1S/C19H26F2O2/c1-2-3-4-14-5-7-15(8-6-14)16-9-11-17(12-10-16)19(22)23-13-18(20)21/h5-8,16-18H,2-4,9-13H2,1H3. The van der Waals surface area contributed by atoms with Gasteiger partial charge in [-0.3, -0.25) is 4.79 Å². The molecule has 4 heteroatoms. The minimum atomic E-state index is -2.58. The topological polar surface area (TPSA) is 26.3 Å². The molecule has 0 bridgehead atoms. The summed E-state index contributed by atoms with van der Waals surface area (Å²) in [6.45, 7) is 1.41. The van der Waals surface area contributed by atoms with Crippen LogP contribution in [-0.2, 0) is 16.0 Å². The molecule has 0 aliphatic heterocycles. The van der Waals surface area contributed by atoms with Crippen molar-refractivity contribution < 1.29 is 18.3 Å². The Morgan fingerprint density at radius 2 is 1.83 bits per heavy atom. The van der Waals surface area contributed by atoms with Crippen molar-refractivity contribution in [3.63, 3.8) is 0 Å². The van der Waals surface area contributed by atoms with Crippen LogP contribution in [0.25, 0.3) is 0 Å². The second-order valence-corrected chi connectivity index (χ2v) is 6.41. The second-order valence-electron chi connectivity index (χ2n) is 6.41. The summed E-state index contributed by atoms with van der Waals surface area (Å²) in [4.78, 5) is 11.7. The fourth-order valence-corrected chi connectivity index (χ4v) is 3.26. The van der Waals surface area contributed by atoms with E-state index < -0.39 is 19.0 Å². The molecule has 0 aromatic heterocycles. The van der Waals surface area contributed by atoms with Gasteiger partial charge in [0, 0.05) is 0 Å². The summed E-state index contributed by atoms with van der Waals surface area (Å²) in [5.41, 5.74) is 2.70. The first-order valence-electron chi connectivity index (χ1n) is 8.63. The predicted octanol–water partition coefficient (Wildman–Crippen LogP) is 5.11. The molecule has 23 heavy (non-hydrogen) atoms. The number of carbonyl (C=O) groups excluding carboxylic acids is 1. The maximum Gasteiger partial charge on any atom is 0.309 e. The molecule has 0 spiro atoms. The molecule has 2 rings (SSSR count). The van der Waals surface area contributed by atoms with Crippen molar-refractivity contribution in [2.45, 2.75) is 64.2 Å². The van der Waals surface area contributed by atoms with Gasteiger partial charge in [0.2, 0.25) is 0 Å². The van der Waals surface area contributed by atoms with Gasteiger partial charge >= 0.3 is 5.97 Å². The van der Waals surface area contributed by atoms with E-state index >= 15 is 0 Å². The number of aryl methyl sites for hydroxylation is 1. The number of benzene rings is 1. The first kappa shape index (κ1) is 17.9. The number of hydrogen-bond acceptors (Lipinski definition) is 2. The molecule has 1 aromatic carbocycles. The number of esters is 1. The number of halogens is 2. The third kappa shape index (κ3) is 5.60. The number of alkyl halides is 2. The summed E-state index contributed by atoms with van der Waals surface area (Å²) in [6, 6.07) is 8.80. The number of ether oxygens (including phenoxy) is 1. The van der Waals surface area contributed by atoms with Crippen molar-refractivity contribution in [3.8, 4) is 0 Å². The van der Waals surface area contributed by atoms with Crippen LogP contribution in [0, 0.1) is 5.92 Å². The van der Waals surface area contributed by atoms with Gasteiger partial charge < -0.3 is 4.74 Å². The Morgan fingerprint density at radius 1 is 1.17 bits per heavy atom. The molecule has 1 aliphatic carbocycles. The highest BCUT2D eigenvalue weighted by Crippen LogP contribution is 2.36. The Morgan fingerprint density at radius 3 is 2.39 bits per heavy atom. The van der Waals surface area contributed by atoms with E-state index in [0.29, 0.717) is 5.92 Å². The van der Waals surface area contributed by atoms with Crippen molar-refractivity contribution in [1.29, 1.82) is 0 Å². The first-order valence-corrected chi connectivity index (χ1v) is 8.63.